The molecule has 0 atom stereocenters. The topological polar surface area (TPSA) is 24.1 Å². The van der Waals surface area contributed by atoms with Crippen LogP contribution in [0.5, 0.6) is 0 Å². The van der Waals surface area contributed by atoms with Crippen LogP contribution in [0.4, 0.5) is 0 Å². The first-order chi connectivity index (χ1) is 15.4. The van der Waals surface area contributed by atoms with E-state index in [4.69, 9.17) is 0 Å². The Morgan fingerprint density at radius 3 is 1.35 bits per heavy atom. The molecule has 0 fully saturated rings. The summed E-state index contributed by atoms with van der Waals surface area (Å²) < 4.78 is 0. The van der Waals surface area contributed by atoms with Crippen molar-refractivity contribution in [2.75, 3.05) is 19.6 Å². The first-order valence-electron chi connectivity index (χ1n) is 13.5. The Kier molecular flexibility index (Phi) is 22.0. The Morgan fingerprint density at radius 2 is 0.871 bits per heavy atom. The molecule has 0 aliphatic carbocycles. The molecule has 0 saturated carbocycles. The summed E-state index contributed by atoms with van der Waals surface area (Å²) in [7, 11) is 3.55. The van der Waals surface area contributed by atoms with E-state index in [9.17, 15) is 0 Å². The van der Waals surface area contributed by atoms with Crippen molar-refractivity contribution in [3.63, 3.8) is 0 Å². The molecule has 0 heterocycles. The number of unbranched alkanes of at least 4 members (excludes halogenated alkanes) is 16. The lowest BCUT2D eigenvalue weighted by molar-refractivity contribution is 0.522. The molecule has 0 saturated heterocycles. The molecule has 0 amide bonds. The van der Waals surface area contributed by atoms with Gasteiger partial charge in [0.1, 0.15) is 0 Å². The minimum absolute atomic E-state index is 0.973. The Balaban J connectivity index is 1.65. The maximum atomic E-state index is 3.56. The summed E-state index contributed by atoms with van der Waals surface area (Å²) in [6.45, 7) is 4.26. The van der Waals surface area contributed by atoms with Crippen molar-refractivity contribution in [1.29, 1.82) is 0 Å². The SMILES string of the molecule is [Si]CCCCCCCCCCCCCCCCCCCNCCNCc1ccccc1. The molecule has 3 radical (unpaired) electrons. The number of rotatable bonds is 24. The maximum absolute atomic E-state index is 3.56. The van der Waals surface area contributed by atoms with Crippen LogP contribution in [-0.2, 0) is 6.54 Å². The highest BCUT2D eigenvalue weighted by atomic mass is 28.1. The first kappa shape index (κ1) is 28.4. The van der Waals surface area contributed by atoms with Crippen LogP contribution in [0.15, 0.2) is 30.3 Å². The van der Waals surface area contributed by atoms with Gasteiger partial charge in [0.2, 0.25) is 0 Å². The standard InChI is InChI=1S/C28H51N2Si/c31-26-20-15-13-11-9-7-5-3-1-2-4-6-8-10-12-14-19-23-29-24-25-30-27-28-21-17-16-18-22-28/h16-18,21-22,29-30H,1-15,19-20,23-27H2. The molecule has 0 bridgehead atoms. The molecule has 1 rings (SSSR count). The minimum Gasteiger partial charge on any atom is -0.315 e. The average Bonchev–Trinajstić information content (AvgIpc) is 2.80. The highest BCUT2D eigenvalue weighted by molar-refractivity contribution is 6.08. The van der Waals surface area contributed by atoms with E-state index in [-0.39, 0.29) is 0 Å². The van der Waals surface area contributed by atoms with Crippen molar-refractivity contribution in [1.82, 2.24) is 10.6 Å². The van der Waals surface area contributed by atoms with E-state index in [0.717, 1.165) is 19.6 Å². The molecular weight excluding hydrogens is 392 g/mol. The fourth-order valence-electron chi connectivity index (χ4n) is 4.16. The number of benzene rings is 1. The van der Waals surface area contributed by atoms with E-state index in [0.29, 0.717) is 0 Å². The monoisotopic (exact) mass is 443 g/mol. The van der Waals surface area contributed by atoms with Gasteiger partial charge in [-0.2, -0.15) is 0 Å². The number of hydrogen-bond donors (Lipinski definition) is 2. The van der Waals surface area contributed by atoms with Gasteiger partial charge < -0.3 is 10.6 Å². The second-order valence-corrected chi connectivity index (χ2v) is 9.67. The van der Waals surface area contributed by atoms with Crippen molar-refractivity contribution < 1.29 is 0 Å². The van der Waals surface area contributed by atoms with Gasteiger partial charge in [-0.25, -0.2) is 0 Å². The Morgan fingerprint density at radius 1 is 0.452 bits per heavy atom. The van der Waals surface area contributed by atoms with E-state index in [1.165, 1.54) is 127 Å². The van der Waals surface area contributed by atoms with E-state index in [1.54, 1.807) is 0 Å². The normalized spacial score (nSPS) is 11.3. The zero-order valence-electron chi connectivity index (χ0n) is 20.4. The molecule has 0 aliphatic rings. The van der Waals surface area contributed by atoms with Gasteiger partial charge in [0.05, 0.1) is 0 Å². The fourth-order valence-corrected chi connectivity index (χ4v) is 4.41. The number of nitrogens with one attached hydrogen (secondary N) is 2. The minimum atomic E-state index is 0.973. The molecule has 0 aromatic heterocycles. The van der Waals surface area contributed by atoms with Crippen molar-refractivity contribution in [2.24, 2.45) is 0 Å². The van der Waals surface area contributed by atoms with Crippen molar-refractivity contribution >= 4 is 10.2 Å². The van der Waals surface area contributed by atoms with Gasteiger partial charge in [0, 0.05) is 29.9 Å². The maximum Gasteiger partial charge on any atom is 0.0222 e. The molecule has 1 aromatic carbocycles. The zero-order valence-corrected chi connectivity index (χ0v) is 21.4. The van der Waals surface area contributed by atoms with Crippen LogP contribution in [0.3, 0.4) is 0 Å². The van der Waals surface area contributed by atoms with Gasteiger partial charge >= 0.3 is 0 Å². The largest absolute Gasteiger partial charge is 0.315 e. The smallest absolute Gasteiger partial charge is 0.0222 e. The van der Waals surface area contributed by atoms with Crippen molar-refractivity contribution in [3.8, 4) is 0 Å². The lowest BCUT2D eigenvalue weighted by Crippen LogP contribution is -2.27. The summed E-state index contributed by atoms with van der Waals surface area (Å²) in [6, 6.07) is 11.8. The zero-order chi connectivity index (χ0) is 22.1. The lowest BCUT2D eigenvalue weighted by Gasteiger charge is -2.07. The van der Waals surface area contributed by atoms with Crippen molar-refractivity contribution in [3.05, 3.63) is 35.9 Å². The Labute approximate surface area is 198 Å². The van der Waals surface area contributed by atoms with Crippen LogP contribution in [0.2, 0.25) is 6.04 Å². The third kappa shape index (κ3) is 21.0. The lowest BCUT2D eigenvalue weighted by atomic mass is 10.0. The number of hydrogen-bond acceptors (Lipinski definition) is 2. The second kappa shape index (κ2) is 24.0. The van der Waals surface area contributed by atoms with E-state index < -0.39 is 0 Å². The van der Waals surface area contributed by atoms with Crippen molar-refractivity contribution in [2.45, 2.75) is 122 Å². The van der Waals surface area contributed by atoms with Crippen LogP contribution in [0, 0.1) is 0 Å². The molecule has 0 aliphatic heterocycles. The van der Waals surface area contributed by atoms with E-state index in [1.807, 2.05) is 0 Å². The molecule has 0 unspecified atom stereocenters. The molecule has 31 heavy (non-hydrogen) atoms. The molecule has 2 N–H and O–H groups in total. The second-order valence-electron chi connectivity index (χ2n) is 9.17. The van der Waals surface area contributed by atoms with Gasteiger partial charge in [-0.1, -0.05) is 139 Å². The summed E-state index contributed by atoms with van der Waals surface area (Å²) in [5.41, 5.74) is 1.37. The molecule has 1 aromatic rings. The van der Waals surface area contributed by atoms with Gasteiger partial charge in [-0.05, 0) is 18.5 Å². The fraction of sp³-hybridized carbons (Fsp3) is 0.786. The summed E-state index contributed by atoms with van der Waals surface area (Å²) in [5.74, 6) is 0. The predicted octanol–water partition coefficient (Wildman–Crippen LogP) is 7.58. The van der Waals surface area contributed by atoms with Crippen LogP contribution in [0.1, 0.15) is 115 Å². The molecule has 0 spiro atoms. The molecule has 3 heteroatoms. The highest BCUT2D eigenvalue weighted by Crippen LogP contribution is 2.14. The Hall–Kier alpha value is -0.643. The van der Waals surface area contributed by atoms with Gasteiger partial charge in [0.25, 0.3) is 0 Å². The highest BCUT2D eigenvalue weighted by Gasteiger charge is 1.95. The third-order valence-electron chi connectivity index (χ3n) is 6.18. The van der Waals surface area contributed by atoms with Crippen LogP contribution in [0.25, 0.3) is 0 Å². The average molecular weight is 444 g/mol. The summed E-state index contributed by atoms with van der Waals surface area (Å²) in [5, 5.41) is 7.06. The van der Waals surface area contributed by atoms with E-state index >= 15 is 0 Å². The van der Waals surface area contributed by atoms with Crippen LogP contribution < -0.4 is 10.6 Å². The summed E-state index contributed by atoms with van der Waals surface area (Å²) in [4.78, 5) is 0. The van der Waals surface area contributed by atoms with Gasteiger partial charge in [0.15, 0.2) is 0 Å². The molecular formula is C28H51N2Si. The van der Waals surface area contributed by atoms with Gasteiger partial charge in [-0.3, -0.25) is 0 Å². The van der Waals surface area contributed by atoms with E-state index in [2.05, 4.69) is 51.2 Å². The Bertz CT molecular complexity index is 452. The predicted molar refractivity (Wildman–Crippen MR) is 140 cm³/mol. The molecule has 2 nitrogen and oxygen atoms in total. The molecule has 177 valence electrons. The first-order valence-corrected chi connectivity index (χ1v) is 14.2. The summed E-state index contributed by atoms with van der Waals surface area (Å²) >= 11 is 0. The summed E-state index contributed by atoms with van der Waals surface area (Å²) in [6.07, 6.45) is 24.4. The third-order valence-corrected chi connectivity index (χ3v) is 6.53. The van der Waals surface area contributed by atoms with Gasteiger partial charge in [-0.15, -0.1) is 0 Å². The quantitative estimate of drug-likeness (QED) is 0.127. The van der Waals surface area contributed by atoms with Crippen LogP contribution >= 0.6 is 0 Å². The van der Waals surface area contributed by atoms with Crippen LogP contribution in [-0.4, -0.2) is 29.9 Å².